The van der Waals surface area contributed by atoms with Crippen molar-refractivity contribution >= 4 is 21.6 Å². The number of rotatable bonds is 5. The second kappa shape index (κ2) is 7.50. The fraction of sp³-hybridized carbons (Fsp3) is 0.600. The van der Waals surface area contributed by atoms with Gasteiger partial charge in [-0.2, -0.15) is 11.8 Å². The van der Waals surface area contributed by atoms with E-state index in [-0.39, 0.29) is 12.3 Å². The minimum absolute atomic E-state index is 0.00420. The summed E-state index contributed by atoms with van der Waals surface area (Å²) in [6, 6.07) is 7.24. The van der Waals surface area contributed by atoms with E-state index in [2.05, 4.69) is 21.5 Å². The third-order valence-electron chi connectivity index (χ3n) is 4.20. The Kier molecular flexibility index (Phi) is 5.61. The van der Waals surface area contributed by atoms with Gasteiger partial charge in [-0.05, 0) is 36.3 Å². The van der Waals surface area contributed by atoms with Crippen molar-refractivity contribution in [3.63, 3.8) is 0 Å². The summed E-state index contributed by atoms with van der Waals surface area (Å²) in [7, 11) is -3.14. The van der Waals surface area contributed by atoms with E-state index in [1.54, 1.807) is 12.1 Å². The molecule has 6 nitrogen and oxygen atoms in total. The van der Waals surface area contributed by atoms with E-state index in [0.29, 0.717) is 10.1 Å². The van der Waals surface area contributed by atoms with E-state index in [1.165, 1.54) is 24.9 Å². The molecular formula is C15H24N4O2S2. The van der Waals surface area contributed by atoms with E-state index in [1.807, 2.05) is 23.9 Å². The minimum Gasteiger partial charge on any atom is -0.288 e. The Labute approximate surface area is 142 Å². The van der Waals surface area contributed by atoms with Gasteiger partial charge in [-0.1, -0.05) is 12.1 Å². The SMILES string of the molecule is CS(=O)(=O)c1ccc(C2CNNC(NCC3CCCS3)N2)cc1. The molecule has 0 spiro atoms. The number of hydrogen-bond acceptors (Lipinski definition) is 7. The van der Waals surface area contributed by atoms with Crippen LogP contribution in [0.3, 0.4) is 0 Å². The lowest BCUT2D eigenvalue weighted by molar-refractivity contribution is 0.226. The Hall–Kier alpha value is -0.640. The zero-order valence-electron chi connectivity index (χ0n) is 13.2. The fourth-order valence-corrected chi connectivity index (χ4v) is 4.74. The van der Waals surface area contributed by atoms with Gasteiger partial charge in [0.2, 0.25) is 0 Å². The van der Waals surface area contributed by atoms with Gasteiger partial charge in [-0.3, -0.25) is 16.1 Å². The summed E-state index contributed by atoms with van der Waals surface area (Å²) in [6.07, 6.45) is 3.84. The maximum Gasteiger partial charge on any atom is 0.175 e. The lowest BCUT2D eigenvalue weighted by atomic mass is 10.1. The van der Waals surface area contributed by atoms with Crippen molar-refractivity contribution in [2.45, 2.75) is 35.3 Å². The average molecular weight is 357 g/mol. The third-order valence-corrected chi connectivity index (χ3v) is 6.73. The van der Waals surface area contributed by atoms with Gasteiger partial charge < -0.3 is 0 Å². The highest BCUT2D eigenvalue weighted by molar-refractivity contribution is 8.00. The van der Waals surface area contributed by atoms with Gasteiger partial charge in [0, 0.05) is 30.6 Å². The summed E-state index contributed by atoms with van der Waals surface area (Å²) in [5.74, 6) is 1.27. The normalized spacial score (nSPS) is 28.8. The van der Waals surface area contributed by atoms with Gasteiger partial charge in [-0.15, -0.1) is 0 Å². The molecule has 0 radical (unpaired) electrons. The third kappa shape index (κ3) is 4.68. The van der Waals surface area contributed by atoms with Crippen LogP contribution in [-0.4, -0.2) is 45.1 Å². The predicted molar refractivity (Wildman–Crippen MR) is 93.8 cm³/mol. The molecule has 8 heteroatoms. The maximum atomic E-state index is 11.5. The average Bonchev–Trinajstić information content (AvgIpc) is 3.06. The van der Waals surface area contributed by atoms with Crippen molar-refractivity contribution in [3.8, 4) is 0 Å². The molecule has 2 saturated heterocycles. The molecule has 3 atom stereocenters. The zero-order chi connectivity index (χ0) is 16.3. The summed E-state index contributed by atoms with van der Waals surface area (Å²) >= 11 is 2.04. The van der Waals surface area contributed by atoms with Crippen LogP contribution in [-0.2, 0) is 9.84 Å². The molecule has 0 aliphatic carbocycles. The van der Waals surface area contributed by atoms with Crippen LogP contribution in [0.25, 0.3) is 0 Å². The smallest absolute Gasteiger partial charge is 0.175 e. The first-order chi connectivity index (χ1) is 11.0. The number of hydrogen-bond donors (Lipinski definition) is 4. The molecule has 2 aliphatic heterocycles. The number of benzene rings is 1. The van der Waals surface area contributed by atoms with Crippen molar-refractivity contribution in [1.82, 2.24) is 21.5 Å². The molecule has 0 saturated carbocycles. The van der Waals surface area contributed by atoms with Crippen LogP contribution in [0.15, 0.2) is 29.2 Å². The van der Waals surface area contributed by atoms with Gasteiger partial charge in [0.1, 0.15) is 6.29 Å². The fourth-order valence-electron chi connectivity index (χ4n) is 2.89. The van der Waals surface area contributed by atoms with Crippen LogP contribution >= 0.6 is 11.8 Å². The first-order valence-electron chi connectivity index (χ1n) is 7.92. The Morgan fingerprint density at radius 2 is 2.09 bits per heavy atom. The van der Waals surface area contributed by atoms with E-state index >= 15 is 0 Å². The molecular weight excluding hydrogens is 332 g/mol. The highest BCUT2D eigenvalue weighted by atomic mass is 32.2. The highest BCUT2D eigenvalue weighted by Gasteiger charge is 2.23. The second-order valence-electron chi connectivity index (χ2n) is 6.06. The number of nitrogens with one attached hydrogen (secondary N) is 4. The van der Waals surface area contributed by atoms with Crippen LogP contribution in [0.5, 0.6) is 0 Å². The second-order valence-corrected chi connectivity index (χ2v) is 9.49. The Balaban J connectivity index is 1.57. The quantitative estimate of drug-likeness (QED) is 0.615. The van der Waals surface area contributed by atoms with Gasteiger partial charge in [0.15, 0.2) is 9.84 Å². The number of sulfone groups is 1. The minimum atomic E-state index is -3.14. The molecule has 128 valence electrons. The van der Waals surface area contributed by atoms with E-state index in [0.717, 1.165) is 18.7 Å². The molecule has 1 aromatic rings. The molecule has 0 amide bonds. The molecule has 3 unspecified atom stereocenters. The van der Waals surface area contributed by atoms with Crippen molar-refractivity contribution in [2.75, 3.05) is 25.1 Å². The van der Waals surface area contributed by atoms with E-state index in [9.17, 15) is 8.42 Å². The van der Waals surface area contributed by atoms with E-state index in [4.69, 9.17) is 0 Å². The van der Waals surface area contributed by atoms with Gasteiger partial charge in [0.05, 0.1) is 4.90 Å². The summed E-state index contributed by atoms with van der Waals surface area (Å²) in [5, 5.41) is 7.71. The summed E-state index contributed by atoms with van der Waals surface area (Å²) in [5.41, 5.74) is 7.48. The van der Waals surface area contributed by atoms with Crippen molar-refractivity contribution in [1.29, 1.82) is 0 Å². The topological polar surface area (TPSA) is 82.3 Å². The molecule has 0 aromatic heterocycles. The molecule has 1 aromatic carbocycles. The molecule has 3 rings (SSSR count). The Morgan fingerprint density at radius 1 is 1.30 bits per heavy atom. The van der Waals surface area contributed by atoms with Gasteiger partial charge >= 0.3 is 0 Å². The molecule has 4 N–H and O–H groups in total. The standard InChI is InChI=1S/C15H24N4O2S2/c1-23(20,21)13-6-4-11(5-7-13)14-10-17-19-15(18-14)16-9-12-3-2-8-22-12/h4-7,12,14-19H,2-3,8-10H2,1H3. The molecule has 2 fully saturated rings. The lowest BCUT2D eigenvalue weighted by Crippen LogP contribution is -2.64. The molecule has 2 heterocycles. The lowest BCUT2D eigenvalue weighted by Gasteiger charge is -2.34. The van der Waals surface area contributed by atoms with Crippen LogP contribution in [0.4, 0.5) is 0 Å². The van der Waals surface area contributed by atoms with Crippen molar-refractivity contribution < 1.29 is 8.42 Å². The van der Waals surface area contributed by atoms with Crippen LogP contribution in [0.2, 0.25) is 0 Å². The predicted octanol–water partition coefficient (Wildman–Crippen LogP) is 0.597. The maximum absolute atomic E-state index is 11.5. The van der Waals surface area contributed by atoms with Crippen molar-refractivity contribution in [3.05, 3.63) is 29.8 Å². The van der Waals surface area contributed by atoms with Gasteiger partial charge in [0.25, 0.3) is 0 Å². The highest BCUT2D eigenvalue weighted by Crippen LogP contribution is 2.25. The summed E-state index contributed by atoms with van der Waals surface area (Å²) in [6.45, 7) is 1.73. The zero-order valence-corrected chi connectivity index (χ0v) is 14.8. The number of thioether (sulfide) groups is 1. The molecule has 0 bridgehead atoms. The van der Waals surface area contributed by atoms with E-state index < -0.39 is 9.84 Å². The van der Waals surface area contributed by atoms with Crippen LogP contribution in [0.1, 0.15) is 24.4 Å². The molecule has 2 aliphatic rings. The first kappa shape index (κ1) is 17.2. The largest absolute Gasteiger partial charge is 0.288 e. The van der Waals surface area contributed by atoms with Crippen molar-refractivity contribution in [2.24, 2.45) is 0 Å². The Morgan fingerprint density at radius 3 is 2.74 bits per heavy atom. The molecule has 23 heavy (non-hydrogen) atoms. The monoisotopic (exact) mass is 356 g/mol. The van der Waals surface area contributed by atoms with Crippen LogP contribution < -0.4 is 21.5 Å². The van der Waals surface area contributed by atoms with Crippen LogP contribution in [0, 0.1) is 0 Å². The summed E-state index contributed by atoms with van der Waals surface area (Å²) < 4.78 is 23.1. The number of hydrazine groups is 1. The van der Waals surface area contributed by atoms with Gasteiger partial charge in [-0.25, -0.2) is 13.8 Å². The first-order valence-corrected chi connectivity index (χ1v) is 10.9. The summed E-state index contributed by atoms with van der Waals surface area (Å²) in [4.78, 5) is 0.357. The Bertz CT molecular complexity index is 615.